The Bertz CT molecular complexity index is 445. The molecule has 0 saturated carbocycles. The highest BCUT2D eigenvalue weighted by Crippen LogP contribution is 2.15. The van der Waals surface area contributed by atoms with Crippen LogP contribution < -0.4 is 10.6 Å². The first-order valence-corrected chi connectivity index (χ1v) is 5.94. The van der Waals surface area contributed by atoms with Crippen LogP contribution in [0.5, 0.6) is 0 Å². The van der Waals surface area contributed by atoms with Crippen molar-refractivity contribution in [1.82, 2.24) is 5.32 Å². The highest BCUT2D eigenvalue weighted by atomic mass is 19.2. The number of anilines is 1. The number of nitrogens with one attached hydrogen (secondary N) is 2. The zero-order valence-electron chi connectivity index (χ0n) is 11.2. The lowest BCUT2D eigenvalue weighted by atomic mass is 10.2. The van der Waals surface area contributed by atoms with Gasteiger partial charge in [-0.25, -0.2) is 13.6 Å². The molecule has 106 valence electrons. The van der Waals surface area contributed by atoms with Gasteiger partial charge in [-0.05, 0) is 32.9 Å². The lowest BCUT2D eigenvalue weighted by molar-refractivity contribution is 0.0530. The van der Waals surface area contributed by atoms with Gasteiger partial charge in [0, 0.05) is 13.1 Å². The van der Waals surface area contributed by atoms with Crippen LogP contribution in [-0.2, 0) is 4.74 Å². The largest absolute Gasteiger partial charge is 0.444 e. The Morgan fingerprint density at radius 3 is 2.58 bits per heavy atom. The molecule has 0 saturated heterocycles. The minimum absolute atomic E-state index is 0.0611. The molecule has 1 aromatic rings. The van der Waals surface area contributed by atoms with Crippen molar-refractivity contribution in [3.63, 3.8) is 0 Å². The molecule has 0 aliphatic heterocycles. The van der Waals surface area contributed by atoms with Crippen LogP contribution in [0.1, 0.15) is 20.8 Å². The molecule has 0 atom stereocenters. The molecular weight excluding hydrogens is 254 g/mol. The van der Waals surface area contributed by atoms with E-state index in [9.17, 15) is 13.6 Å². The lowest BCUT2D eigenvalue weighted by Gasteiger charge is -2.19. The molecule has 0 fully saturated rings. The van der Waals surface area contributed by atoms with E-state index < -0.39 is 23.3 Å². The van der Waals surface area contributed by atoms with Crippen LogP contribution in [-0.4, -0.2) is 24.8 Å². The Morgan fingerprint density at radius 2 is 1.95 bits per heavy atom. The minimum Gasteiger partial charge on any atom is -0.444 e. The summed E-state index contributed by atoms with van der Waals surface area (Å²) in [6, 6.07) is 3.87. The molecule has 0 bridgehead atoms. The van der Waals surface area contributed by atoms with Crippen molar-refractivity contribution in [1.29, 1.82) is 0 Å². The van der Waals surface area contributed by atoms with E-state index in [1.807, 2.05) is 0 Å². The summed E-state index contributed by atoms with van der Waals surface area (Å²) < 4.78 is 31.2. The first-order valence-electron chi connectivity index (χ1n) is 5.94. The average Bonchev–Trinajstić information content (AvgIpc) is 2.27. The van der Waals surface area contributed by atoms with E-state index in [0.29, 0.717) is 0 Å². The van der Waals surface area contributed by atoms with Gasteiger partial charge in [-0.15, -0.1) is 0 Å². The molecule has 0 spiro atoms. The fourth-order valence-corrected chi connectivity index (χ4v) is 1.32. The summed E-state index contributed by atoms with van der Waals surface area (Å²) in [6.07, 6.45) is -0.547. The fourth-order valence-electron chi connectivity index (χ4n) is 1.32. The number of ether oxygens (including phenoxy) is 1. The van der Waals surface area contributed by atoms with Gasteiger partial charge in [-0.1, -0.05) is 6.07 Å². The average molecular weight is 272 g/mol. The molecule has 0 heterocycles. The molecule has 1 aromatic carbocycles. The third-order valence-electron chi connectivity index (χ3n) is 2.06. The number of hydrogen-bond donors (Lipinski definition) is 2. The van der Waals surface area contributed by atoms with Gasteiger partial charge in [0.15, 0.2) is 11.6 Å². The second kappa shape index (κ2) is 6.36. The number of halogens is 2. The van der Waals surface area contributed by atoms with E-state index in [1.54, 1.807) is 20.8 Å². The van der Waals surface area contributed by atoms with Gasteiger partial charge in [-0.3, -0.25) is 0 Å². The summed E-state index contributed by atoms with van der Waals surface area (Å²) in [5.41, 5.74) is -0.502. The van der Waals surface area contributed by atoms with E-state index in [0.717, 1.165) is 6.07 Å². The SMILES string of the molecule is CC(C)(C)OC(=O)NCCNc1cccc(F)c1F. The fraction of sp³-hybridized carbons (Fsp3) is 0.462. The van der Waals surface area contributed by atoms with Gasteiger partial charge in [0.1, 0.15) is 5.60 Å². The van der Waals surface area contributed by atoms with Crippen molar-refractivity contribution in [2.24, 2.45) is 0 Å². The van der Waals surface area contributed by atoms with Crippen LogP contribution in [0.2, 0.25) is 0 Å². The molecule has 0 aliphatic carbocycles. The van der Waals surface area contributed by atoms with E-state index in [1.165, 1.54) is 12.1 Å². The topological polar surface area (TPSA) is 50.4 Å². The predicted molar refractivity (Wildman–Crippen MR) is 69.1 cm³/mol. The molecule has 1 amide bonds. The monoisotopic (exact) mass is 272 g/mol. The van der Waals surface area contributed by atoms with Crippen molar-refractivity contribution < 1.29 is 18.3 Å². The van der Waals surface area contributed by atoms with Gasteiger partial charge in [0.05, 0.1) is 5.69 Å². The molecule has 0 aliphatic rings. The number of hydrogen-bond acceptors (Lipinski definition) is 3. The third-order valence-corrected chi connectivity index (χ3v) is 2.06. The summed E-state index contributed by atoms with van der Waals surface area (Å²) in [5.74, 6) is -1.84. The standard InChI is InChI=1S/C13H18F2N2O2/c1-13(2,3)19-12(18)17-8-7-16-10-6-4-5-9(14)11(10)15/h4-6,16H,7-8H2,1-3H3,(H,17,18). The first-order chi connectivity index (χ1) is 8.79. The van der Waals surface area contributed by atoms with E-state index in [4.69, 9.17) is 4.74 Å². The van der Waals surface area contributed by atoms with Crippen molar-refractivity contribution in [3.05, 3.63) is 29.8 Å². The number of benzene rings is 1. The van der Waals surface area contributed by atoms with Crippen molar-refractivity contribution >= 4 is 11.8 Å². The molecule has 2 N–H and O–H groups in total. The van der Waals surface area contributed by atoms with Crippen LogP contribution in [0.3, 0.4) is 0 Å². The number of carbonyl (C=O) groups is 1. The van der Waals surface area contributed by atoms with Crippen LogP contribution >= 0.6 is 0 Å². The number of rotatable bonds is 4. The Balaban J connectivity index is 2.32. The Morgan fingerprint density at radius 1 is 1.26 bits per heavy atom. The highest BCUT2D eigenvalue weighted by Gasteiger charge is 2.15. The molecule has 1 rings (SSSR count). The Kier molecular flexibility index (Phi) is 5.09. The maximum atomic E-state index is 13.3. The van der Waals surface area contributed by atoms with Crippen LogP contribution in [0.15, 0.2) is 18.2 Å². The molecule has 4 nitrogen and oxygen atoms in total. The third kappa shape index (κ3) is 5.54. The van der Waals surface area contributed by atoms with Crippen molar-refractivity contribution in [2.45, 2.75) is 26.4 Å². The summed E-state index contributed by atoms with van der Waals surface area (Å²) in [4.78, 5) is 11.3. The van der Waals surface area contributed by atoms with E-state index >= 15 is 0 Å². The first kappa shape index (κ1) is 15.2. The molecule has 19 heavy (non-hydrogen) atoms. The highest BCUT2D eigenvalue weighted by molar-refractivity contribution is 5.67. The Labute approximate surface area is 111 Å². The summed E-state index contributed by atoms with van der Waals surface area (Å²) in [5, 5.41) is 5.19. The van der Waals surface area contributed by atoms with Crippen LogP contribution in [0.25, 0.3) is 0 Å². The van der Waals surface area contributed by atoms with Gasteiger partial charge >= 0.3 is 6.09 Å². The molecule has 0 aromatic heterocycles. The maximum Gasteiger partial charge on any atom is 0.407 e. The summed E-state index contributed by atoms with van der Waals surface area (Å²) >= 11 is 0. The van der Waals surface area contributed by atoms with Crippen molar-refractivity contribution in [2.75, 3.05) is 18.4 Å². The normalized spacial score (nSPS) is 11.0. The van der Waals surface area contributed by atoms with E-state index in [-0.39, 0.29) is 18.8 Å². The number of alkyl carbamates (subject to hydrolysis) is 1. The number of carbonyl (C=O) groups excluding carboxylic acids is 1. The minimum atomic E-state index is -0.931. The van der Waals surface area contributed by atoms with Crippen molar-refractivity contribution in [3.8, 4) is 0 Å². The van der Waals surface area contributed by atoms with Crippen LogP contribution in [0, 0.1) is 11.6 Å². The number of amides is 1. The summed E-state index contributed by atoms with van der Waals surface area (Å²) in [7, 11) is 0. The zero-order chi connectivity index (χ0) is 14.5. The lowest BCUT2D eigenvalue weighted by Crippen LogP contribution is -2.35. The smallest absolute Gasteiger partial charge is 0.407 e. The van der Waals surface area contributed by atoms with Gasteiger partial charge in [0.25, 0.3) is 0 Å². The quantitative estimate of drug-likeness (QED) is 0.829. The second-order valence-corrected chi connectivity index (χ2v) is 4.96. The Hall–Kier alpha value is -1.85. The molecule has 0 radical (unpaired) electrons. The molecule has 0 unspecified atom stereocenters. The molecular formula is C13H18F2N2O2. The van der Waals surface area contributed by atoms with Gasteiger partial charge in [-0.2, -0.15) is 0 Å². The van der Waals surface area contributed by atoms with E-state index in [2.05, 4.69) is 10.6 Å². The van der Waals surface area contributed by atoms with Gasteiger partial charge in [0.2, 0.25) is 0 Å². The maximum absolute atomic E-state index is 13.3. The molecule has 6 heteroatoms. The summed E-state index contributed by atoms with van der Waals surface area (Å²) in [6.45, 7) is 5.78. The second-order valence-electron chi connectivity index (χ2n) is 4.96. The van der Waals surface area contributed by atoms with Crippen LogP contribution in [0.4, 0.5) is 19.3 Å². The van der Waals surface area contributed by atoms with Gasteiger partial charge < -0.3 is 15.4 Å². The predicted octanol–water partition coefficient (Wildman–Crippen LogP) is 2.90. The zero-order valence-corrected chi connectivity index (χ0v) is 11.2.